The SMILES string of the molecule is COc1ccc(C(=O)Nc2ccc(S(=O)(=O)[O-])c3cc(S(=O)(=O)[O-])cc(S(=O)(=O)[O-])c23)cc1NC(=O)c1cccc(NC(=O)Nc2cccc(C(=O)Nc3cc(C(=O)Nc4ccc(S(=O)(=O)[O-])c5cc(S(=O)(=O)[O-])cc(S(=O)(=O)[O-])c45)ccc3OC)c2)c1.[Na+].[Na+].[Na+].[Na+].[Na+].[Na+]. The molecule has 0 heterocycles. The number of nitrogens with one attached hydrogen (secondary N) is 6. The van der Waals surface area contributed by atoms with Crippen molar-refractivity contribution in [1.29, 1.82) is 0 Å². The van der Waals surface area contributed by atoms with Crippen LogP contribution in [0.3, 0.4) is 0 Å². The molecule has 0 atom stereocenters. The van der Waals surface area contributed by atoms with Crippen molar-refractivity contribution < 1.29 is 289 Å². The zero-order valence-electron chi connectivity index (χ0n) is 49.9. The Balaban J connectivity index is 0.00000501. The molecule has 0 fully saturated rings. The van der Waals surface area contributed by atoms with Gasteiger partial charge in [0, 0.05) is 55.2 Å². The summed E-state index contributed by atoms with van der Waals surface area (Å²) in [5.41, 5.74) is -2.41. The van der Waals surface area contributed by atoms with E-state index in [1.807, 2.05) is 0 Å². The molecule has 8 aromatic carbocycles. The summed E-state index contributed by atoms with van der Waals surface area (Å²) in [6.07, 6.45) is 0. The van der Waals surface area contributed by atoms with Gasteiger partial charge in [0.05, 0.1) is 66.3 Å². The third-order valence-corrected chi connectivity index (χ3v) is 17.5. The quantitative estimate of drug-likeness (QED) is 0.0343. The van der Waals surface area contributed by atoms with E-state index in [2.05, 4.69) is 31.9 Å². The number of benzene rings is 8. The van der Waals surface area contributed by atoms with Crippen LogP contribution < -0.4 is 219 Å². The molecule has 6 N–H and O–H groups in total. The van der Waals surface area contributed by atoms with E-state index in [1.54, 1.807) is 0 Å². The van der Waals surface area contributed by atoms with Crippen LogP contribution in [0.25, 0.3) is 21.5 Å². The number of rotatable bonds is 18. The van der Waals surface area contributed by atoms with Gasteiger partial charge >= 0.3 is 183 Å². The number of hydrogen-bond donors (Lipinski definition) is 6. The minimum absolute atomic E-state index is 0. The fourth-order valence-electron chi connectivity index (χ4n) is 8.56. The first-order valence-corrected chi connectivity index (χ1v) is 32.2. The van der Waals surface area contributed by atoms with Crippen molar-refractivity contribution >= 4 is 146 Å². The fourth-order valence-corrected chi connectivity index (χ4v) is 12.6. The standard InChI is InChI=1S/C51H40N6O25S6.6Na/c1-81-39-13-9-27(49(60)54-35-11-15-41(85(69,70)71)33-21-31(83(63,64)65)23-43(45(33)35)87(75,76)77)19-37(39)56-47(58)25-5-3-7-29(17-25)52-51(62)53-30-8-4-6-26(18-30)48(59)57-38-20-28(10-14-40(38)82-2)50(61)55-36-12-16-42(86(72,73)74)34-22-32(84(66,67)68)24-44(46(34)36)88(78,79)80;;;;;;/h3-24H,1-2H3,(H,54,60)(H,55,61)(H,56,58)(H,57,59)(H2,52,53,62)(H,63,64,65)(H,66,67,68)(H,69,70,71)(H,72,73,74)(H,75,76,77)(H,78,79,80);;;;;;/q;6*+1/p-6. The topological polar surface area (TPSA) is 519 Å². The van der Waals surface area contributed by atoms with E-state index in [4.69, 9.17) is 9.47 Å². The summed E-state index contributed by atoms with van der Waals surface area (Å²) in [7, 11) is -31.4. The molecule has 6 amide bonds. The zero-order chi connectivity index (χ0) is 64.8. The van der Waals surface area contributed by atoms with Gasteiger partial charge in [-0.05, 0) is 121 Å². The van der Waals surface area contributed by atoms with E-state index >= 15 is 0 Å². The number of methoxy groups -OCH3 is 2. The summed E-state index contributed by atoms with van der Waals surface area (Å²) in [5.74, 6) is -4.04. The molecule has 0 aliphatic carbocycles. The number of carbonyl (C=O) groups excluding carboxylic acids is 5. The molecule has 43 heteroatoms. The Hall–Kier alpha value is -3.51. The number of anilines is 6. The van der Waals surface area contributed by atoms with Crippen LogP contribution in [0.1, 0.15) is 41.4 Å². The Bertz CT molecular complexity index is 4780. The van der Waals surface area contributed by atoms with Crippen LogP contribution in [-0.4, -0.2) is 122 Å². The summed E-state index contributed by atoms with van der Waals surface area (Å²) in [6.45, 7) is 0. The van der Waals surface area contributed by atoms with Gasteiger partial charge in [-0.3, -0.25) is 19.2 Å². The molecule has 0 spiro atoms. The van der Waals surface area contributed by atoms with Crippen LogP contribution in [0.5, 0.6) is 11.5 Å². The third-order valence-electron chi connectivity index (χ3n) is 12.4. The number of fused-ring (bicyclic) bond motifs is 2. The fraction of sp³-hybridized carbons (Fsp3) is 0.0392. The Morgan fingerprint density at radius 2 is 0.617 bits per heavy atom. The van der Waals surface area contributed by atoms with Crippen molar-refractivity contribution in [3.05, 3.63) is 156 Å². The van der Waals surface area contributed by atoms with E-state index in [1.165, 1.54) is 74.9 Å². The molecule has 0 aromatic heterocycles. The predicted octanol–water partition coefficient (Wildman–Crippen LogP) is -13.9. The van der Waals surface area contributed by atoms with Crippen molar-refractivity contribution in [2.45, 2.75) is 29.4 Å². The maximum Gasteiger partial charge on any atom is 1.00 e. The summed E-state index contributed by atoms with van der Waals surface area (Å²) in [5, 5.41) is 10.6. The molecule has 8 aromatic rings. The molecular formula is C51H34N6Na6O25S6. The number of carbonyl (C=O) groups is 5. The van der Waals surface area contributed by atoms with Gasteiger partial charge in [-0.2, -0.15) is 0 Å². The average Bonchev–Trinajstić information content (AvgIpc) is 0.750. The number of ether oxygens (including phenoxy) is 2. The van der Waals surface area contributed by atoms with Crippen molar-refractivity contribution in [1.82, 2.24) is 0 Å². The van der Waals surface area contributed by atoms with Crippen LogP contribution in [0.4, 0.5) is 38.9 Å². The Morgan fingerprint density at radius 3 is 0.904 bits per heavy atom. The largest absolute Gasteiger partial charge is 1.00 e. The first-order chi connectivity index (χ1) is 40.8. The van der Waals surface area contributed by atoms with E-state index < -0.39 is 153 Å². The van der Waals surface area contributed by atoms with Gasteiger partial charge in [0.1, 0.15) is 72.2 Å². The van der Waals surface area contributed by atoms with E-state index in [-0.39, 0.29) is 246 Å². The molecule has 0 aliphatic rings. The summed E-state index contributed by atoms with van der Waals surface area (Å²) < 4.78 is 229. The molecule has 0 saturated heterocycles. The Morgan fingerprint density at radius 1 is 0.319 bits per heavy atom. The minimum atomic E-state index is -5.77. The van der Waals surface area contributed by atoms with Crippen LogP contribution in [0.15, 0.2) is 163 Å². The molecule has 0 saturated carbocycles. The van der Waals surface area contributed by atoms with Crippen molar-refractivity contribution in [3.8, 4) is 11.5 Å². The van der Waals surface area contributed by atoms with E-state index in [9.17, 15) is 102 Å². The Labute approximate surface area is 667 Å². The second-order valence-electron chi connectivity index (χ2n) is 18.0. The normalized spacial score (nSPS) is 11.4. The van der Waals surface area contributed by atoms with Gasteiger partial charge in [0.2, 0.25) is 0 Å². The number of hydrogen-bond acceptors (Lipinski definition) is 25. The first kappa shape index (κ1) is 86.6. The Kier molecular flexibility index (Phi) is 31.3. The zero-order valence-corrected chi connectivity index (χ0v) is 66.8. The van der Waals surface area contributed by atoms with Gasteiger partial charge in [-0.1, -0.05) is 12.1 Å². The van der Waals surface area contributed by atoms with Gasteiger partial charge in [0.25, 0.3) is 23.6 Å². The average molecular weight is 1460 g/mol. The minimum Gasteiger partial charge on any atom is -0.744 e. The van der Waals surface area contributed by atoms with Gasteiger partial charge in [-0.25, -0.2) is 55.3 Å². The van der Waals surface area contributed by atoms with Crippen LogP contribution in [-0.2, 0) is 60.7 Å². The monoisotopic (exact) mass is 1460 g/mol. The van der Waals surface area contributed by atoms with Gasteiger partial charge in [-0.15, -0.1) is 0 Å². The molecule has 8 rings (SSSR count). The van der Waals surface area contributed by atoms with Crippen molar-refractivity contribution in [2.24, 2.45) is 0 Å². The summed E-state index contributed by atoms with van der Waals surface area (Å²) >= 11 is 0. The van der Waals surface area contributed by atoms with E-state index in [0.29, 0.717) is 24.3 Å². The molecule has 31 nitrogen and oxygen atoms in total. The predicted molar refractivity (Wildman–Crippen MR) is 299 cm³/mol. The number of amides is 6. The van der Waals surface area contributed by atoms with Crippen molar-refractivity contribution in [3.63, 3.8) is 0 Å². The second-order valence-corrected chi connectivity index (χ2v) is 26.2. The van der Waals surface area contributed by atoms with Crippen LogP contribution in [0.2, 0.25) is 0 Å². The molecular weight excluding hydrogens is 1430 g/mol. The van der Waals surface area contributed by atoms with E-state index in [0.717, 1.165) is 36.4 Å². The summed E-state index contributed by atoms with van der Waals surface area (Å²) in [4.78, 5) is 59.8. The first-order valence-electron chi connectivity index (χ1n) is 23.7. The van der Waals surface area contributed by atoms with Gasteiger partial charge < -0.3 is 68.7 Å². The smallest absolute Gasteiger partial charge is 0.744 e. The number of urea groups is 1. The van der Waals surface area contributed by atoms with Gasteiger partial charge in [0.15, 0.2) is 0 Å². The van der Waals surface area contributed by atoms with Crippen molar-refractivity contribution in [2.75, 3.05) is 46.1 Å². The molecule has 0 unspecified atom stereocenters. The maximum atomic E-state index is 13.7. The van der Waals surface area contributed by atoms with Crippen LogP contribution in [0, 0.1) is 0 Å². The molecule has 0 radical (unpaired) electrons. The molecule has 0 aliphatic heterocycles. The molecule has 460 valence electrons. The summed E-state index contributed by atoms with van der Waals surface area (Å²) in [6, 6.07) is 20.1. The molecule has 0 bridgehead atoms. The maximum absolute atomic E-state index is 13.7. The molecule has 94 heavy (non-hydrogen) atoms. The second kappa shape index (κ2) is 34.0. The van der Waals surface area contributed by atoms with Crippen LogP contribution >= 0.6 is 0 Å². The third kappa shape index (κ3) is 20.8.